The molecule has 2 unspecified atom stereocenters. The maximum Gasteiger partial charge on any atom is 0.0507 e. The zero-order valence-electron chi connectivity index (χ0n) is 8.13. The monoisotopic (exact) mass is 291 g/mol. The topological polar surface area (TPSA) is 12.0 Å². The Morgan fingerprint density at radius 1 is 1.50 bits per heavy atom. The Bertz CT molecular complexity index is 300. The molecule has 0 aromatic carbocycles. The van der Waals surface area contributed by atoms with Crippen LogP contribution >= 0.6 is 39.0 Å². The molecular formula is C10H14BrNS2. The molecule has 0 spiro atoms. The molecule has 14 heavy (non-hydrogen) atoms. The van der Waals surface area contributed by atoms with Crippen molar-refractivity contribution in [3.05, 3.63) is 20.8 Å². The van der Waals surface area contributed by atoms with Gasteiger partial charge in [0.2, 0.25) is 0 Å². The minimum Gasteiger partial charge on any atom is -0.308 e. The second-order valence-electron chi connectivity index (χ2n) is 3.77. The molecule has 0 saturated carbocycles. The normalized spacial score (nSPS) is 28.7. The minimum absolute atomic E-state index is 0.557. The van der Waals surface area contributed by atoms with Gasteiger partial charge in [-0.25, -0.2) is 0 Å². The lowest BCUT2D eigenvalue weighted by atomic mass is 10.2. The Morgan fingerprint density at radius 3 is 3.07 bits per heavy atom. The number of thiophene rings is 1. The predicted octanol–water partition coefficient (Wildman–Crippen LogP) is 3.52. The van der Waals surface area contributed by atoms with Crippen LogP contribution in [0.1, 0.15) is 17.8 Å². The lowest BCUT2D eigenvalue weighted by molar-refractivity contribution is 0.522. The van der Waals surface area contributed by atoms with Crippen LogP contribution in [0, 0.1) is 5.92 Å². The van der Waals surface area contributed by atoms with Gasteiger partial charge in [-0.15, -0.1) is 11.3 Å². The van der Waals surface area contributed by atoms with Crippen molar-refractivity contribution < 1.29 is 0 Å². The molecule has 1 aromatic heterocycles. The van der Waals surface area contributed by atoms with E-state index in [0.717, 1.165) is 12.5 Å². The fraction of sp³-hybridized carbons (Fsp3) is 0.600. The van der Waals surface area contributed by atoms with E-state index < -0.39 is 0 Å². The number of hydrogen-bond donors (Lipinski definition) is 1. The van der Waals surface area contributed by atoms with E-state index in [2.05, 4.69) is 51.4 Å². The maximum absolute atomic E-state index is 3.63. The quantitative estimate of drug-likeness (QED) is 0.850. The SMILES string of the molecule is CC1CNC(c2cc(Br)cs2)CSC1. The van der Waals surface area contributed by atoms with Gasteiger partial charge in [-0.3, -0.25) is 0 Å². The van der Waals surface area contributed by atoms with Gasteiger partial charge in [-0.2, -0.15) is 11.8 Å². The third-order valence-electron chi connectivity index (χ3n) is 2.33. The van der Waals surface area contributed by atoms with Crippen LogP contribution in [0.25, 0.3) is 0 Å². The molecule has 1 aliphatic heterocycles. The molecule has 1 N–H and O–H groups in total. The van der Waals surface area contributed by atoms with Gasteiger partial charge in [0, 0.05) is 20.5 Å². The molecule has 2 atom stereocenters. The Hall–Kier alpha value is 0.490. The molecule has 1 nitrogen and oxygen atoms in total. The van der Waals surface area contributed by atoms with Crippen molar-refractivity contribution in [2.45, 2.75) is 13.0 Å². The van der Waals surface area contributed by atoms with Crippen molar-refractivity contribution in [1.82, 2.24) is 5.32 Å². The van der Waals surface area contributed by atoms with Crippen LogP contribution in [0.3, 0.4) is 0 Å². The van der Waals surface area contributed by atoms with Gasteiger partial charge in [0.15, 0.2) is 0 Å². The molecule has 0 amide bonds. The molecule has 0 aliphatic carbocycles. The van der Waals surface area contributed by atoms with Gasteiger partial charge in [0.05, 0.1) is 6.04 Å². The van der Waals surface area contributed by atoms with Crippen LogP contribution in [0.15, 0.2) is 15.9 Å². The number of halogens is 1. The van der Waals surface area contributed by atoms with Gasteiger partial charge < -0.3 is 5.32 Å². The molecule has 2 heterocycles. The van der Waals surface area contributed by atoms with Gasteiger partial charge in [-0.1, -0.05) is 6.92 Å². The summed E-state index contributed by atoms with van der Waals surface area (Å²) in [5.41, 5.74) is 0. The molecular weight excluding hydrogens is 278 g/mol. The second kappa shape index (κ2) is 5.01. The van der Waals surface area contributed by atoms with Crippen LogP contribution in [-0.4, -0.2) is 18.1 Å². The zero-order valence-corrected chi connectivity index (χ0v) is 11.3. The summed E-state index contributed by atoms with van der Waals surface area (Å²) in [6, 6.07) is 2.79. The first-order valence-electron chi connectivity index (χ1n) is 4.81. The standard InChI is InChI=1S/C10H14BrNS2/c1-7-3-12-9(6-13-4-7)10-2-8(11)5-14-10/h2,5,7,9,12H,3-4,6H2,1H3. The molecule has 1 fully saturated rings. The van der Waals surface area contributed by atoms with E-state index in [-0.39, 0.29) is 0 Å². The van der Waals surface area contributed by atoms with Crippen LogP contribution in [0.2, 0.25) is 0 Å². The van der Waals surface area contributed by atoms with E-state index in [0.29, 0.717) is 6.04 Å². The Morgan fingerprint density at radius 2 is 2.36 bits per heavy atom. The third kappa shape index (κ3) is 2.75. The molecule has 1 saturated heterocycles. The first kappa shape index (κ1) is 11.0. The van der Waals surface area contributed by atoms with Crippen LogP contribution in [0.5, 0.6) is 0 Å². The fourth-order valence-corrected chi connectivity index (χ4v) is 4.36. The summed E-state index contributed by atoms with van der Waals surface area (Å²) in [6.45, 7) is 3.46. The van der Waals surface area contributed by atoms with Gasteiger partial charge in [0.25, 0.3) is 0 Å². The third-order valence-corrected chi connectivity index (χ3v) is 5.51. The van der Waals surface area contributed by atoms with Gasteiger partial charge in [0.1, 0.15) is 0 Å². The van der Waals surface area contributed by atoms with E-state index in [9.17, 15) is 0 Å². The number of nitrogens with one attached hydrogen (secondary N) is 1. The average molecular weight is 292 g/mol. The summed E-state index contributed by atoms with van der Waals surface area (Å²) < 4.78 is 1.21. The lowest BCUT2D eigenvalue weighted by Gasteiger charge is -2.13. The first-order valence-corrected chi connectivity index (χ1v) is 7.63. The number of hydrogen-bond acceptors (Lipinski definition) is 3. The minimum atomic E-state index is 0.557. The highest BCUT2D eigenvalue weighted by Gasteiger charge is 2.18. The maximum atomic E-state index is 3.63. The fourth-order valence-electron chi connectivity index (χ4n) is 1.54. The van der Waals surface area contributed by atoms with E-state index in [1.807, 2.05) is 11.3 Å². The Kier molecular flexibility index (Phi) is 3.93. The van der Waals surface area contributed by atoms with E-state index >= 15 is 0 Å². The molecule has 78 valence electrons. The van der Waals surface area contributed by atoms with E-state index in [1.165, 1.54) is 20.9 Å². The number of rotatable bonds is 1. The van der Waals surface area contributed by atoms with Crippen LogP contribution in [0.4, 0.5) is 0 Å². The van der Waals surface area contributed by atoms with Crippen molar-refractivity contribution in [3.63, 3.8) is 0 Å². The highest BCUT2D eigenvalue weighted by molar-refractivity contribution is 9.10. The summed E-state index contributed by atoms with van der Waals surface area (Å²) in [5.74, 6) is 3.29. The van der Waals surface area contributed by atoms with Crippen molar-refractivity contribution in [3.8, 4) is 0 Å². The number of thioether (sulfide) groups is 1. The van der Waals surface area contributed by atoms with Gasteiger partial charge in [-0.05, 0) is 40.2 Å². The summed E-state index contributed by atoms with van der Waals surface area (Å²) in [5, 5.41) is 5.79. The first-order chi connectivity index (χ1) is 6.75. The van der Waals surface area contributed by atoms with Gasteiger partial charge >= 0.3 is 0 Å². The summed E-state index contributed by atoms with van der Waals surface area (Å²) in [6.07, 6.45) is 0. The molecule has 1 aliphatic rings. The smallest absolute Gasteiger partial charge is 0.0507 e. The second-order valence-corrected chi connectivity index (χ2v) is 6.70. The molecule has 1 aromatic rings. The average Bonchev–Trinajstić information content (AvgIpc) is 2.46. The summed E-state index contributed by atoms with van der Waals surface area (Å²) in [7, 11) is 0. The van der Waals surface area contributed by atoms with Crippen molar-refractivity contribution in [2.75, 3.05) is 18.1 Å². The Balaban J connectivity index is 2.04. The van der Waals surface area contributed by atoms with E-state index in [1.54, 1.807) is 0 Å². The lowest BCUT2D eigenvalue weighted by Crippen LogP contribution is -2.24. The highest BCUT2D eigenvalue weighted by atomic mass is 79.9. The molecule has 2 rings (SSSR count). The summed E-state index contributed by atoms with van der Waals surface area (Å²) >= 11 is 7.41. The zero-order chi connectivity index (χ0) is 9.97. The molecule has 0 bridgehead atoms. The van der Waals surface area contributed by atoms with E-state index in [4.69, 9.17) is 0 Å². The molecule has 4 heteroatoms. The van der Waals surface area contributed by atoms with Crippen molar-refractivity contribution in [2.24, 2.45) is 5.92 Å². The Labute approximate surface area is 102 Å². The summed E-state index contributed by atoms with van der Waals surface area (Å²) in [4.78, 5) is 1.46. The largest absolute Gasteiger partial charge is 0.308 e. The predicted molar refractivity (Wildman–Crippen MR) is 69.3 cm³/mol. The van der Waals surface area contributed by atoms with Crippen molar-refractivity contribution in [1.29, 1.82) is 0 Å². The highest BCUT2D eigenvalue weighted by Crippen LogP contribution is 2.29. The molecule has 0 radical (unpaired) electrons. The van der Waals surface area contributed by atoms with Crippen molar-refractivity contribution >= 4 is 39.0 Å². The van der Waals surface area contributed by atoms with Crippen LogP contribution in [-0.2, 0) is 0 Å². The van der Waals surface area contributed by atoms with Crippen LogP contribution < -0.4 is 5.32 Å².